The molecule has 0 bridgehead atoms. The van der Waals surface area contributed by atoms with Crippen LogP contribution in [0.2, 0.25) is 0 Å². The van der Waals surface area contributed by atoms with Crippen LogP contribution in [0.4, 0.5) is 19.0 Å². The normalized spacial score (nSPS) is 25.2. The molecule has 2 aromatic rings. The molecule has 1 aliphatic carbocycles. The van der Waals surface area contributed by atoms with Gasteiger partial charge in [-0.15, -0.1) is 5.10 Å². The second-order valence-electron chi connectivity index (χ2n) is 9.68. The number of hydrogen-bond donors (Lipinski definition) is 0. The Bertz CT molecular complexity index is 1060. The molecule has 32 heavy (non-hydrogen) atoms. The fraction of sp³-hybridized carbons (Fsp3) is 0.591. The predicted octanol–water partition coefficient (Wildman–Crippen LogP) is 4.50. The van der Waals surface area contributed by atoms with E-state index in [0.29, 0.717) is 17.2 Å². The molecular weight excluding hydrogens is 425 g/mol. The highest BCUT2D eigenvalue weighted by Crippen LogP contribution is 2.59. The van der Waals surface area contributed by atoms with Gasteiger partial charge in [0.05, 0.1) is 12.0 Å². The van der Waals surface area contributed by atoms with Gasteiger partial charge in [-0.3, -0.25) is 0 Å². The highest BCUT2D eigenvalue weighted by molar-refractivity contribution is 5.97. The Balaban J connectivity index is 1.35. The van der Waals surface area contributed by atoms with E-state index < -0.39 is 17.6 Å². The zero-order chi connectivity index (χ0) is 22.9. The van der Waals surface area contributed by atoms with Gasteiger partial charge in [-0.2, -0.15) is 13.2 Å². The number of anilines is 1. The Morgan fingerprint density at radius 2 is 2.00 bits per heavy atom. The van der Waals surface area contributed by atoms with Gasteiger partial charge in [0.2, 0.25) is 5.88 Å². The van der Waals surface area contributed by atoms with Gasteiger partial charge < -0.3 is 14.4 Å². The summed E-state index contributed by atoms with van der Waals surface area (Å²) >= 11 is 0. The van der Waals surface area contributed by atoms with Crippen LogP contribution < -0.4 is 9.64 Å². The van der Waals surface area contributed by atoms with Crippen molar-refractivity contribution in [3.05, 3.63) is 30.0 Å². The molecule has 1 saturated heterocycles. The highest BCUT2D eigenvalue weighted by atomic mass is 19.4. The van der Waals surface area contributed by atoms with Crippen molar-refractivity contribution >= 4 is 11.8 Å². The van der Waals surface area contributed by atoms with E-state index in [2.05, 4.69) is 25.9 Å². The van der Waals surface area contributed by atoms with E-state index in [4.69, 9.17) is 14.5 Å². The molecule has 3 aliphatic rings. The summed E-state index contributed by atoms with van der Waals surface area (Å²) in [7, 11) is 0. The third-order valence-electron chi connectivity index (χ3n) is 6.84. The molecule has 0 amide bonds. The maximum absolute atomic E-state index is 13.1. The van der Waals surface area contributed by atoms with Gasteiger partial charge in [0.25, 0.3) is 0 Å². The zero-order valence-electron chi connectivity index (χ0n) is 18.1. The number of fused-ring (bicyclic) bond motifs is 3. The van der Waals surface area contributed by atoms with E-state index in [9.17, 15) is 18.0 Å². The van der Waals surface area contributed by atoms with Crippen LogP contribution in [-0.2, 0) is 4.74 Å². The van der Waals surface area contributed by atoms with Crippen molar-refractivity contribution in [2.24, 2.45) is 11.3 Å². The van der Waals surface area contributed by atoms with E-state index in [1.54, 1.807) is 24.4 Å². The van der Waals surface area contributed by atoms with Crippen molar-refractivity contribution in [2.75, 3.05) is 11.5 Å². The van der Waals surface area contributed by atoms with E-state index in [1.807, 2.05) is 4.90 Å². The third kappa shape index (κ3) is 3.31. The number of ether oxygens (including phenoxy) is 2. The number of carbonyl (C=O) groups is 1. The smallest absolute Gasteiger partial charge is 0.394 e. The molecule has 0 aromatic carbocycles. The summed E-state index contributed by atoms with van der Waals surface area (Å²) in [4.78, 5) is 19.2. The van der Waals surface area contributed by atoms with Crippen LogP contribution in [0.5, 0.6) is 5.88 Å². The second-order valence-corrected chi connectivity index (χ2v) is 9.68. The van der Waals surface area contributed by atoms with Gasteiger partial charge in [0.15, 0.2) is 12.0 Å². The number of rotatable bonds is 5. The minimum Gasteiger partial charge on any atom is -0.477 e. The monoisotopic (exact) mass is 450 g/mol. The predicted molar refractivity (Wildman–Crippen MR) is 109 cm³/mol. The average molecular weight is 450 g/mol. The lowest BCUT2D eigenvalue weighted by molar-refractivity contribution is -0.190. The Kier molecular flexibility index (Phi) is 4.52. The molecule has 2 aliphatic heterocycles. The summed E-state index contributed by atoms with van der Waals surface area (Å²) in [5.74, 6) is 1.04. The topological polar surface area (TPSA) is 69.5 Å². The van der Waals surface area contributed by atoms with E-state index in [1.165, 1.54) is 4.68 Å². The van der Waals surface area contributed by atoms with Crippen LogP contribution in [0.25, 0.3) is 5.82 Å². The molecule has 172 valence electrons. The summed E-state index contributed by atoms with van der Waals surface area (Å²) in [6.45, 7) is 6.18. The fourth-order valence-electron chi connectivity index (χ4n) is 4.93. The van der Waals surface area contributed by atoms with Gasteiger partial charge in [0, 0.05) is 23.7 Å². The Morgan fingerprint density at radius 1 is 1.25 bits per heavy atom. The Labute approximate surface area is 183 Å². The van der Waals surface area contributed by atoms with Crippen LogP contribution in [0, 0.1) is 11.3 Å². The highest BCUT2D eigenvalue weighted by Gasteiger charge is 2.62. The van der Waals surface area contributed by atoms with Gasteiger partial charge in [-0.05, 0) is 51.7 Å². The van der Waals surface area contributed by atoms with Gasteiger partial charge in [0.1, 0.15) is 11.4 Å². The molecule has 7 nitrogen and oxygen atoms in total. The zero-order valence-corrected chi connectivity index (χ0v) is 18.1. The van der Waals surface area contributed by atoms with Crippen LogP contribution in [0.15, 0.2) is 24.4 Å². The molecule has 0 N–H and O–H groups in total. The molecule has 5 rings (SSSR count). The number of pyridine rings is 1. The van der Waals surface area contributed by atoms with E-state index in [0.717, 1.165) is 6.42 Å². The number of halogens is 3. The number of esters is 1. The standard InChI is InChI=1S/C22H25F3N4O3/c1-13-12-20(2,3)29-17-14(19(30)32-18(13)29)4-5-15(26-17)28-10-6-16(27-28)31-11-9-21(7-8-21)22(23,24)25/h4-6,10,13,18H,7-9,11-12H2,1-3H3. The van der Waals surface area contributed by atoms with Crippen molar-refractivity contribution < 1.29 is 27.4 Å². The quantitative estimate of drug-likeness (QED) is 0.625. The van der Waals surface area contributed by atoms with Crippen molar-refractivity contribution in [3.63, 3.8) is 0 Å². The summed E-state index contributed by atoms with van der Waals surface area (Å²) in [5, 5.41) is 4.30. The Hall–Kier alpha value is -2.78. The third-order valence-corrected chi connectivity index (χ3v) is 6.84. The number of alkyl halides is 3. The number of nitrogens with zero attached hydrogens (tertiary/aromatic N) is 4. The molecule has 0 spiro atoms. The summed E-state index contributed by atoms with van der Waals surface area (Å²) in [6, 6.07) is 4.91. The number of hydrogen-bond acceptors (Lipinski definition) is 6. The fourth-order valence-corrected chi connectivity index (χ4v) is 4.93. The van der Waals surface area contributed by atoms with Crippen LogP contribution >= 0.6 is 0 Å². The maximum Gasteiger partial charge on any atom is 0.394 e. The van der Waals surface area contributed by atoms with Gasteiger partial charge in [-0.25, -0.2) is 14.5 Å². The first-order chi connectivity index (χ1) is 15.0. The lowest BCUT2D eigenvalue weighted by Gasteiger charge is -2.40. The minimum absolute atomic E-state index is 0.0541. The van der Waals surface area contributed by atoms with Crippen LogP contribution in [0.3, 0.4) is 0 Å². The molecule has 0 radical (unpaired) electrons. The summed E-state index contributed by atoms with van der Waals surface area (Å²) in [6.07, 6.45) is -1.83. The lowest BCUT2D eigenvalue weighted by atomic mass is 9.97. The molecule has 4 heterocycles. The molecular formula is C22H25F3N4O3. The van der Waals surface area contributed by atoms with Crippen LogP contribution in [-0.4, -0.2) is 45.3 Å². The van der Waals surface area contributed by atoms with E-state index >= 15 is 0 Å². The molecule has 2 atom stereocenters. The SMILES string of the molecule is CC1CC(C)(C)N2c3nc(-n4ccc(OCCC5(C(F)(F)F)CC5)n4)ccc3C(=O)OC12. The minimum atomic E-state index is -4.19. The second kappa shape index (κ2) is 6.86. The van der Waals surface area contributed by atoms with Crippen molar-refractivity contribution in [3.8, 4) is 11.7 Å². The molecule has 2 unspecified atom stereocenters. The average Bonchev–Trinajstić information content (AvgIpc) is 3.29. The summed E-state index contributed by atoms with van der Waals surface area (Å²) < 4.78 is 51.8. The van der Waals surface area contributed by atoms with Gasteiger partial charge in [-0.1, -0.05) is 6.92 Å². The van der Waals surface area contributed by atoms with E-state index in [-0.39, 0.29) is 49.4 Å². The van der Waals surface area contributed by atoms with Gasteiger partial charge >= 0.3 is 12.1 Å². The first-order valence-corrected chi connectivity index (χ1v) is 10.8. The lowest BCUT2D eigenvalue weighted by Crippen LogP contribution is -2.49. The molecule has 1 saturated carbocycles. The Morgan fingerprint density at radius 3 is 2.69 bits per heavy atom. The molecule has 10 heteroatoms. The largest absolute Gasteiger partial charge is 0.477 e. The maximum atomic E-state index is 13.1. The van der Waals surface area contributed by atoms with Crippen LogP contribution in [0.1, 0.15) is 56.8 Å². The first kappa shape index (κ1) is 21.1. The van der Waals surface area contributed by atoms with Crippen molar-refractivity contribution in [1.82, 2.24) is 14.8 Å². The van der Waals surface area contributed by atoms with Crippen molar-refractivity contribution in [1.29, 1.82) is 0 Å². The first-order valence-electron chi connectivity index (χ1n) is 10.8. The molecule has 2 fully saturated rings. The number of aromatic nitrogens is 3. The number of carbonyl (C=O) groups excluding carboxylic acids is 1. The van der Waals surface area contributed by atoms with Crippen molar-refractivity contribution in [2.45, 2.75) is 64.4 Å². The molecule has 2 aromatic heterocycles. The summed E-state index contributed by atoms with van der Waals surface area (Å²) in [5.41, 5.74) is -1.43.